The molecule has 0 saturated carbocycles. The minimum atomic E-state index is 0.219. The molecule has 0 aromatic heterocycles. The van der Waals surface area contributed by atoms with Crippen LogP contribution in [0.4, 0.5) is 5.69 Å². The Morgan fingerprint density at radius 3 is 2.27 bits per heavy atom. The van der Waals surface area contributed by atoms with Gasteiger partial charge in [-0.2, -0.15) is 0 Å². The van der Waals surface area contributed by atoms with Gasteiger partial charge < -0.3 is 14.7 Å². The molecule has 0 spiro atoms. The van der Waals surface area contributed by atoms with E-state index < -0.39 is 0 Å². The zero-order chi connectivity index (χ0) is 18.5. The minimum Gasteiger partial charge on any atom is -0.504 e. The predicted molar refractivity (Wildman–Crippen MR) is 109 cm³/mol. The Labute approximate surface area is 157 Å². The number of nitrogens with zero attached hydrogens (tertiary/aromatic N) is 1. The van der Waals surface area contributed by atoms with Gasteiger partial charge in [-0.15, -0.1) is 0 Å². The number of phenols is 1. The second-order valence-corrected chi connectivity index (χ2v) is 7.71. The molecule has 2 aromatic carbocycles. The lowest BCUT2D eigenvalue weighted by Crippen LogP contribution is -2.17. The molecule has 3 heteroatoms. The fourth-order valence-electron chi connectivity index (χ4n) is 3.51. The highest BCUT2D eigenvalue weighted by atomic mass is 16.5. The van der Waals surface area contributed by atoms with E-state index in [0.29, 0.717) is 24.2 Å². The SMILES string of the molecule is CC(C)c1ccc(O)c(OCCC(C)c2ccc(N3CCCC3)cc2)c1. The van der Waals surface area contributed by atoms with Gasteiger partial charge in [0, 0.05) is 18.8 Å². The highest BCUT2D eigenvalue weighted by molar-refractivity contribution is 5.48. The number of phenolic OH excluding ortho intramolecular Hbond substituents is 1. The van der Waals surface area contributed by atoms with Gasteiger partial charge >= 0.3 is 0 Å². The summed E-state index contributed by atoms with van der Waals surface area (Å²) in [6.07, 6.45) is 3.54. The van der Waals surface area contributed by atoms with Gasteiger partial charge in [0.15, 0.2) is 11.5 Å². The second-order valence-electron chi connectivity index (χ2n) is 7.71. The highest BCUT2D eigenvalue weighted by Crippen LogP contribution is 2.31. The first-order valence-corrected chi connectivity index (χ1v) is 9.85. The minimum absolute atomic E-state index is 0.219. The van der Waals surface area contributed by atoms with Crippen LogP contribution in [0.5, 0.6) is 11.5 Å². The van der Waals surface area contributed by atoms with Crippen LogP contribution < -0.4 is 9.64 Å². The molecule has 3 nitrogen and oxygen atoms in total. The first-order chi connectivity index (χ1) is 12.5. The summed E-state index contributed by atoms with van der Waals surface area (Å²) in [6, 6.07) is 14.6. The highest BCUT2D eigenvalue weighted by Gasteiger charge is 2.13. The number of benzene rings is 2. The Bertz CT molecular complexity index is 703. The number of rotatable bonds is 7. The van der Waals surface area contributed by atoms with Crippen molar-refractivity contribution in [2.24, 2.45) is 0 Å². The molecule has 26 heavy (non-hydrogen) atoms. The van der Waals surface area contributed by atoms with E-state index in [9.17, 15) is 5.11 Å². The summed E-state index contributed by atoms with van der Waals surface area (Å²) in [6.45, 7) is 9.49. The van der Waals surface area contributed by atoms with E-state index in [4.69, 9.17) is 4.74 Å². The van der Waals surface area contributed by atoms with Crippen molar-refractivity contribution in [1.82, 2.24) is 0 Å². The van der Waals surface area contributed by atoms with E-state index in [2.05, 4.69) is 49.9 Å². The Morgan fingerprint density at radius 1 is 0.962 bits per heavy atom. The van der Waals surface area contributed by atoms with Crippen LogP contribution in [0.1, 0.15) is 63.0 Å². The van der Waals surface area contributed by atoms with Gasteiger partial charge in [-0.05, 0) is 66.5 Å². The van der Waals surface area contributed by atoms with Crippen molar-refractivity contribution >= 4 is 5.69 Å². The fourth-order valence-corrected chi connectivity index (χ4v) is 3.51. The molecule has 0 bridgehead atoms. The number of hydrogen-bond donors (Lipinski definition) is 1. The normalized spacial score (nSPS) is 15.5. The predicted octanol–water partition coefficient (Wildman–Crippen LogP) is 5.69. The standard InChI is InChI=1S/C23H31NO2/c1-17(2)20-8-11-22(25)23(16-20)26-15-12-18(3)19-6-9-21(10-7-19)24-13-4-5-14-24/h6-11,16-18,25H,4-5,12-15H2,1-3H3. The molecule has 140 valence electrons. The first-order valence-electron chi connectivity index (χ1n) is 9.85. The maximum absolute atomic E-state index is 10.0. The lowest BCUT2D eigenvalue weighted by molar-refractivity contribution is 0.285. The first kappa shape index (κ1) is 18.6. The van der Waals surface area contributed by atoms with Crippen LogP contribution in [-0.2, 0) is 0 Å². The molecule has 0 aliphatic carbocycles. The van der Waals surface area contributed by atoms with Crippen molar-refractivity contribution < 1.29 is 9.84 Å². The topological polar surface area (TPSA) is 32.7 Å². The summed E-state index contributed by atoms with van der Waals surface area (Å²) >= 11 is 0. The summed E-state index contributed by atoms with van der Waals surface area (Å²) < 4.78 is 5.87. The Hall–Kier alpha value is -2.16. The third-order valence-electron chi connectivity index (χ3n) is 5.39. The van der Waals surface area contributed by atoms with Crippen LogP contribution in [0.3, 0.4) is 0 Å². The third-order valence-corrected chi connectivity index (χ3v) is 5.39. The van der Waals surface area contributed by atoms with Gasteiger partial charge in [0.05, 0.1) is 6.61 Å². The van der Waals surface area contributed by atoms with Gasteiger partial charge in [0.2, 0.25) is 0 Å². The van der Waals surface area contributed by atoms with E-state index >= 15 is 0 Å². The van der Waals surface area contributed by atoms with Crippen molar-refractivity contribution in [2.45, 2.75) is 51.9 Å². The van der Waals surface area contributed by atoms with Gasteiger partial charge in [0.1, 0.15) is 0 Å². The molecule has 1 N–H and O–H groups in total. The van der Waals surface area contributed by atoms with E-state index in [0.717, 1.165) is 6.42 Å². The zero-order valence-electron chi connectivity index (χ0n) is 16.2. The van der Waals surface area contributed by atoms with Crippen LogP contribution in [0.15, 0.2) is 42.5 Å². The molecule has 1 aliphatic heterocycles. The lowest BCUT2D eigenvalue weighted by Gasteiger charge is -2.19. The van der Waals surface area contributed by atoms with Crippen molar-refractivity contribution in [3.05, 3.63) is 53.6 Å². The zero-order valence-corrected chi connectivity index (χ0v) is 16.2. The van der Waals surface area contributed by atoms with Crippen LogP contribution in [-0.4, -0.2) is 24.8 Å². The molecule has 0 amide bonds. The third kappa shape index (κ3) is 4.51. The molecular weight excluding hydrogens is 322 g/mol. The van der Waals surface area contributed by atoms with Crippen LogP contribution in [0.2, 0.25) is 0 Å². The van der Waals surface area contributed by atoms with E-state index in [1.165, 1.54) is 42.7 Å². The van der Waals surface area contributed by atoms with Crippen LogP contribution in [0, 0.1) is 0 Å². The number of anilines is 1. The summed E-state index contributed by atoms with van der Waals surface area (Å²) in [4.78, 5) is 2.46. The number of ether oxygens (including phenoxy) is 1. The molecule has 1 heterocycles. The summed E-state index contributed by atoms with van der Waals surface area (Å²) in [7, 11) is 0. The quantitative estimate of drug-likeness (QED) is 0.694. The lowest BCUT2D eigenvalue weighted by atomic mass is 9.98. The Kier molecular flexibility index (Phi) is 6.08. The Balaban J connectivity index is 1.54. The summed E-state index contributed by atoms with van der Waals surface area (Å²) in [5.41, 5.74) is 3.87. The van der Waals surface area contributed by atoms with Crippen molar-refractivity contribution in [2.75, 3.05) is 24.6 Å². The monoisotopic (exact) mass is 353 g/mol. The van der Waals surface area contributed by atoms with Crippen LogP contribution >= 0.6 is 0 Å². The molecule has 2 aromatic rings. The van der Waals surface area contributed by atoms with Crippen molar-refractivity contribution in [3.63, 3.8) is 0 Å². The summed E-state index contributed by atoms with van der Waals surface area (Å²) in [5, 5.41) is 10.0. The molecular formula is C23H31NO2. The molecule has 1 saturated heterocycles. The van der Waals surface area contributed by atoms with Crippen molar-refractivity contribution in [1.29, 1.82) is 0 Å². The van der Waals surface area contributed by atoms with Gasteiger partial charge in [-0.3, -0.25) is 0 Å². The molecule has 0 radical (unpaired) electrons. The van der Waals surface area contributed by atoms with E-state index in [1.54, 1.807) is 6.07 Å². The van der Waals surface area contributed by atoms with Gasteiger partial charge in [-0.25, -0.2) is 0 Å². The van der Waals surface area contributed by atoms with E-state index in [1.807, 2.05) is 12.1 Å². The maximum atomic E-state index is 10.0. The smallest absolute Gasteiger partial charge is 0.161 e. The van der Waals surface area contributed by atoms with Crippen LogP contribution in [0.25, 0.3) is 0 Å². The summed E-state index contributed by atoms with van der Waals surface area (Å²) in [5.74, 6) is 1.66. The fraction of sp³-hybridized carbons (Fsp3) is 0.478. The molecule has 1 aliphatic rings. The Morgan fingerprint density at radius 2 is 1.62 bits per heavy atom. The molecule has 1 atom stereocenters. The second kappa shape index (κ2) is 8.48. The average molecular weight is 354 g/mol. The number of hydrogen-bond acceptors (Lipinski definition) is 3. The largest absolute Gasteiger partial charge is 0.504 e. The molecule has 1 fully saturated rings. The number of aromatic hydroxyl groups is 1. The van der Waals surface area contributed by atoms with Gasteiger partial charge in [0.25, 0.3) is 0 Å². The molecule has 1 unspecified atom stereocenters. The van der Waals surface area contributed by atoms with Gasteiger partial charge in [-0.1, -0.05) is 39.0 Å². The maximum Gasteiger partial charge on any atom is 0.161 e. The van der Waals surface area contributed by atoms with Crippen molar-refractivity contribution in [3.8, 4) is 11.5 Å². The van der Waals surface area contributed by atoms with E-state index in [-0.39, 0.29) is 5.75 Å². The average Bonchev–Trinajstić information content (AvgIpc) is 3.18. The molecule has 3 rings (SSSR count).